The first-order chi connectivity index (χ1) is 13.7. The predicted molar refractivity (Wildman–Crippen MR) is 131 cm³/mol. The van der Waals surface area contributed by atoms with Gasteiger partial charge in [0.05, 0.1) is 0 Å². The molecule has 0 saturated carbocycles. The average Bonchev–Trinajstić information content (AvgIpc) is 3.13. The van der Waals surface area contributed by atoms with Gasteiger partial charge in [0.25, 0.3) is 0 Å². The minimum absolute atomic E-state index is 0. The predicted octanol–water partition coefficient (Wildman–Crippen LogP) is 3.44. The van der Waals surface area contributed by atoms with Crippen LogP contribution in [-0.2, 0) is 19.6 Å². The molecule has 0 aliphatic carbocycles. The van der Waals surface area contributed by atoms with Gasteiger partial charge in [0, 0.05) is 58.2 Å². The zero-order chi connectivity index (χ0) is 19.8. The molecule has 0 amide bonds. The van der Waals surface area contributed by atoms with Gasteiger partial charge in [-0.15, -0.1) is 24.0 Å². The maximum atomic E-state index is 4.89. The minimum atomic E-state index is 0. The molecule has 29 heavy (non-hydrogen) atoms. The lowest BCUT2D eigenvalue weighted by molar-refractivity contribution is 0.172. The fourth-order valence-electron chi connectivity index (χ4n) is 3.58. The second kappa shape index (κ2) is 12.2. The molecule has 2 heterocycles. The van der Waals surface area contributed by atoms with Gasteiger partial charge >= 0.3 is 0 Å². The molecule has 2 aromatic rings. The van der Waals surface area contributed by atoms with Crippen molar-refractivity contribution in [3.8, 4) is 0 Å². The molecular formula is C22H35IN6. The lowest BCUT2D eigenvalue weighted by Gasteiger charge is -2.36. The van der Waals surface area contributed by atoms with Gasteiger partial charge in [-0.05, 0) is 18.4 Å². The van der Waals surface area contributed by atoms with Crippen molar-refractivity contribution in [3.05, 3.63) is 54.1 Å². The summed E-state index contributed by atoms with van der Waals surface area (Å²) in [6.45, 7) is 14.2. The van der Waals surface area contributed by atoms with Crippen LogP contribution < -0.4 is 5.32 Å². The Kier molecular flexibility index (Phi) is 9.93. The van der Waals surface area contributed by atoms with Gasteiger partial charge < -0.3 is 14.8 Å². The van der Waals surface area contributed by atoms with Crippen molar-refractivity contribution < 1.29 is 0 Å². The maximum Gasteiger partial charge on any atom is 0.194 e. The number of nitrogens with zero attached hydrogens (tertiary/aromatic N) is 5. The molecule has 7 heteroatoms. The van der Waals surface area contributed by atoms with Crippen LogP contribution in [-0.4, -0.2) is 58.0 Å². The van der Waals surface area contributed by atoms with Crippen LogP contribution in [0.25, 0.3) is 0 Å². The van der Waals surface area contributed by atoms with E-state index in [0.717, 1.165) is 57.6 Å². The van der Waals surface area contributed by atoms with Crippen molar-refractivity contribution in [1.82, 2.24) is 24.7 Å². The Bertz CT molecular complexity index is 735. The van der Waals surface area contributed by atoms with Crippen molar-refractivity contribution in [2.45, 2.75) is 40.4 Å². The Morgan fingerprint density at radius 2 is 1.86 bits per heavy atom. The number of aromatic nitrogens is 2. The van der Waals surface area contributed by atoms with E-state index >= 15 is 0 Å². The lowest BCUT2D eigenvalue weighted by Crippen LogP contribution is -2.52. The molecule has 160 valence electrons. The van der Waals surface area contributed by atoms with Crippen molar-refractivity contribution in [3.63, 3.8) is 0 Å². The molecule has 1 aliphatic heterocycles. The van der Waals surface area contributed by atoms with Gasteiger partial charge in [-0.3, -0.25) is 4.90 Å². The van der Waals surface area contributed by atoms with Crippen molar-refractivity contribution in [2.75, 3.05) is 32.7 Å². The number of hydrogen-bond donors (Lipinski definition) is 1. The molecule has 0 atom stereocenters. The molecule has 0 radical (unpaired) electrons. The van der Waals surface area contributed by atoms with E-state index in [9.17, 15) is 0 Å². The highest BCUT2D eigenvalue weighted by Crippen LogP contribution is 2.10. The van der Waals surface area contributed by atoms with E-state index < -0.39 is 0 Å². The van der Waals surface area contributed by atoms with E-state index in [1.54, 1.807) is 0 Å². The number of rotatable bonds is 7. The molecule has 1 aromatic carbocycles. The second-order valence-electron chi connectivity index (χ2n) is 7.81. The standard InChI is InChI=1S/C22H34N6.HI/c1-4-23-22(25-16-21-24-10-11-28(21)17-19(2)3)27-14-12-26(13-15-27)18-20-8-6-5-7-9-20;/h5-11,19H,4,12-18H2,1-3H3,(H,23,25);1H. The van der Waals surface area contributed by atoms with Gasteiger partial charge in [-0.25, -0.2) is 9.98 Å². The number of hydrogen-bond acceptors (Lipinski definition) is 3. The van der Waals surface area contributed by atoms with E-state index in [4.69, 9.17) is 4.99 Å². The molecule has 0 unspecified atom stereocenters. The second-order valence-corrected chi connectivity index (χ2v) is 7.81. The molecule has 1 fully saturated rings. The quantitative estimate of drug-likeness (QED) is 0.352. The van der Waals surface area contributed by atoms with E-state index in [0.29, 0.717) is 12.5 Å². The number of nitrogens with one attached hydrogen (secondary N) is 1. The summed E-state index contributed by atoms with van der Waals surface area (Å²) in [5, 5.41) is 3.46. The summed E-state index contributed by atoms with van der Waals surface area (Å²) in [6.07, 6.45) is 3.93. The van der Waals surface area contributed by atoms with Crippen LogP contribution in [0.2, 0.25) is 0 Å². The van der Waals surface area contributed by atoms with Crippen molar-refractivity contribution in [1.29, 1.82) is 0 Å². The number of imidazole rings is 1. The first kappa shape index (κ1) is 23.7. The van der Waals surface area contributed by atoms with E-state index in [1.807, 2.05) is 6.20 Å². The largest absolute Gasteiger partial charge is 0.357 e. The van der Waals surface area contributed by atoms with Crippen molar-refractivity contribution >= 4 is 29.9 Å². The van der Waals surface area contributed by atoms with E-state index in [2.05, 4.69) is 82.0 Å². The highest BCUT2D eigenvalue weighted by Gasteiger charge is 2.19. The third-order valence-corrected chi connectivity index (χ3v) is 4.99. The molecule has 1 aromatic heterocycles. The highest BCUT2D eigenvalue weighted by atomic mass is 127. The van der Waals surface area contributed by atoms with Crippen LogP contribution in [0.3, 0.4) is 0 Å². The fraction of sp³-hybridized carbons (Fsp3) is 0.545. The van der Waals surface area contributed by atoms with Gasteiger partial charge in [0.1, 0.15) is 12.4 Å². The highest BCUT2D eigenvalue weighted by molar-refractivity contribution is 14.0. The van der Waals surface area contributed by atoms with Crippen LogP contribution in [0.15, 0.2) is 47.7 Å². The smallest absolute Gasteiger partial charge is 0.194 e. The molecule has 1 saturated heterocycles. The average molecular weight is 510 g/mol. The summed E-state index contributed by atoms with van der Waals surface area (Å²) in [5.41, 5.74) is 1.38. The molecule has 1 N–H and O–H groups in total. The summed E-state index contributed by atoms with van der Waals surface area (Å²) in [5.74, 6) is 2.63. The molecule has 0 bridgehead atoms. The Balaban J connectivity index is 0.00000300. The number of guanidine groups is 1. The van der Waals surface area contributed by atoms with E-state index in [1.165, 1.54) is 5.56 Å². The first-order valence-electron chi connectivity index (χ1n) is 10.4. The molecular weight excluding hydrogens is 475 g/mol. The number of halogens is 1. The van der Waals surface area contributed by atoms with Crippen LogP contribution in [0, 0.1) is 5.92 Å². The first-order valence-corrected chi connectivity index (χ1v) is 10.4. The summed E-state index contributed by atoms with van der Waals surface area (Å²) in [4.78, 5) is 14.3. The fourth-order valence-corrected chi connectivity index (χ4v) is 3.58. The minimum Gasteiger partial charge on any atom is -0.357 e. The maximum absolute atomic E-state index is 4.89. The summed E-state index contributed by atoms with van der Waals surface area (Å²) < 4.78 is 2.22. The number of benzene rings is 1. The number of aliphatic imine (C=N–C) groups is 1. The Morgan fingerprint density at radius 3 is 2.52 bits per heavy atom. The van der Waals surface area contributed by atoms with Crippen LogP contribution in [0.5, 0.6) is 0 Å². The molecule has 6 nitrogen and oxygen atoms in total. The van der Waals surface area contributed by atoms with E-state index in [-0.39, 0.29) is 24.0 Å². The third kappa shape index (κ3) is 7.29. The zero-order valence-electron chi connectivity index (χ0n) is 17.9. The zero-order valence-corrected chi connectivity index (χ0v) is 20.3. The third-order valence-electron chi connectivity index (χ3n) is 4.99. The normalized spacial score (nSPS) is 15.4. The van der Waals surface area contributed by atoms with Gasteiger partial charge in [0.15, 0.2) is 5.96 Å². The van der Waals surface area contributed by atoms with Crippen LogP contribution in [0.1, 0.15) is 32.2 Å². The van der Waals surface area contributed by atoms with Crippen LogP contribution >= 0.6 is 24.0 Å². The van der Waals surface area contributed by atoms with Gasteiger partial charge in [-0.2, -0.15) is 0 Å². The molecule has 0 spiro atoms. The van der Waals surface area contributed by atoms with Gasteiger partial charge in [0.2, 0.25) is 0 Å². The Hall–Kier alpha value is -1.61. The summed E-state index contributed by atoms with van der Waals surface area (Å²) >= 11 is 0. The lowest BCUT2D eigenvalue weighted by atomic mass is 10.2. The SMILES string of the molecule is CCNC(=NCc1nccn1CC(C)C)N1CCN(Cc2ccccc2)CC1.I. The Labute approximate surface area is 192 Å². The van der Waals surface area contributed by atoms with Crippen LogP contribution in [0.4, 0.5) is 0 Å². The topological polar surface area (TPSA) is 48.7 Å². The monoisotopic (exact) mass is 510 g/mol. The summed E-state index contributed by atoms with van der Waals surface area (Å²) in [7, 11) is 0. The van der Waals surface area contributed by atoms with Crippen molar-refractivity contribution in [2.24, 2.45) is 10.9 Å². The molecule has 1 aliphatic rings. The summed E-state index contributed by atoms with van der Waals surface area (Å²) in [6, 6.07) is 10.7. The Morgan fingerprint density at radius 1 is 1.14 bits per heavy atom. The number of piperazine rings is 1. The van der Waals surface area contributed by atoms with Gasteiger partial charge in [-0.1, -0.05) is 44.2 Å². The molecule has 3 rings (SSSR count).